The van der Waals surface area contributed by atoms with Gasteiger partial charge in [-0.1, -0.05) is 72.8 Å². The lowest BCUT2D eigenvalue weighted by molar-refractivity contribution is 0.100. The van der Waals surface area contributed by atoms with E-state index in [-0.39, 0.29) is 47.1 Å². The fourth-order valence-corrected chi connectivity index (χ4v) is 15.8. The molecule has 12 heterocycles. The van der Waals surface area contributed by atoms with Crippen LogP contribution in [0.4, 0.5) is 46.0 Å². The van der Waals surface area contributed by atoms with Crippen molar-refractivity contribution in [1.29, 1.82) is 0 Å². The standard InChI is InChI=1S/C27H27N7O2.C26H25N7O2.C25H23N7O2.C24H21N7O2/c1-4-34-24(10-17(3)33-34)27(36)29-20-7-5-6-18(13-20)12-19-8-9-23-21(14-19)22(26(35)30-23)15-28-25-11-16(2)31-32-25;1-3-33-23(11-16(2)32-33)26(35)29-19-6-4-5-17(13-19)12-18-7-8-22-20(14-18)21(25(34)30-22)15-27-24-9-10-28-31-24;1-14-8-22(31-29-14)25(34)27-18-5-3-4-16(11-18)10-17-6-7-21-19(12-17)20(24(33)28-21)13-26-23-9-15(2)30-32-23;1-14-9-21(30-29-14)24(33)27-17-4-2-3-15(11-17)10-16-5-6-20-18(12-16)19(23(32)28-20)13-25-22-7-8-26-31-22/h5-11,13-15,30,35H,4,12H2,1-3H3,(H,29,36)(H,31,32);4-11,13-15,30,34H,3,12H2,1-2H3,(H,28,31)(H,29,35);3-9,11-13,28,33H,10H2,1-2H3,(H,27,34)(H,29,31)(H,30,32);2-9,11-13,28,32H,10H2,1H3,(H,26,31)(H,27,33)(H,29,30). The molecule has 138 heavy (non-hydrogen) atoms. The summed E-state index contributed by atoms with van der Waals surface area (Å²) in [4.78, 5) is 79.8. The van der Waals surface area contributed by atoms with Crippen LogP contribution in [0.15, 0.2) is 251 Å². The molecular weight excluding hydrogens is 1750 g/mol. The zero-order valence-electron chi connectivity index (χ0n) is 76.2. The lowest BCUT2D eigenvalue weighted by Gasteiger charge is -2.09. The van der Waals surface area contributed by atoms with Crippen LogP contribution in [0.1, 0.15) is 157 Å². The van der Waals surface area contributed by atoms with Gasteiger partial charge in [0.2, 0.25) is 0 Å². The Bertz CT molecular complexity index is 7950. The molecule has 0 radical (unpaired) electrons. The molecule has 0 aliphatic rings. The highest BCUT2D eigenvalue weighted by atomic mass is 16.3. The molecular formula is C102H96N28O8. The average molecular weight is 1840 g/mol. The molecule has 4 amide bonds. The first kappa shape index (κ1) is 91.3. The zero-order valence-corrected chi connectivity index (χ0v) is 76.2. The third kappa shape index (κ3) is 22.2. The van der Waals surface area contributed by atoms with E-state index < -0.39 is 0 Å². The van der Waals surface area contributed by atoms with E-state index in [0.29, 0.717) is 118 Å². The van der Waals surface area contributed by atoms with Crippen LogP contribution in [-0.4, -0.2) is 170 Å². The van der Waals surface area contributed by atoms with Crippen molar-refractivity contribution in [2.45, 2.75) is 94.2 Å². The molecule has 12 aromatic heterocycles. The number of benzene rings is 8. The first-order valence-corrected chi connectivity index (χ1v) is 44.2. The van der Waals surface area contributed by atoms with Crippen molar-refractivity contribution in [2.75, 3.05) is 21.3 Å². The van der Waals surface area contributed by atoms with Crippen LogP contribution in [0.3, 0.4) is 0 Å². The molecule has 692 valence electrons. The van der Waals surface area contributed by atoms with Crippen molar-refractivity contribution in [3.05, 3.63) is 354 Å². The third-order valence-corrected chi connectivity index (χ3v) is 22.3. The van der Waals surface area contributed by atoms with E-state index in [1.54, 1.807) is 83.0 Å². The van der Waals surface area contributed by atoms with Gasteiger partial charge in [-0.25, -0.2) is 20.0 Å². The second kappa shape index (κ2) is 41.0. The van der Waals surface area contributed by atoms with Crippen LogP contribution in [0.25, 0.3) is 43.6 Å². The summed E-state index contributed by atoms with van der Waals surface area (Å²) in [6.07, 6.45) is 12.3. The van der Waals surface area contributed by atoms with E-state index in [0.717, 1.165) is 134 Å². The second-order valence-electron chi connectivity index (χ2n) is 33.0. The van der Waals surface area contributed by atoms with Crippen molar-refractivity contribution in [3.63, 3.8) is 0 Å². The number of carbonyl (C=O) groups excluding carboxylic acids is 4. The van der Waals surface area contributed by atoms with Crippen molar-refractivity contribution >= 4 is 138 Å². The normalized spacial score (nSPS) is 11.5. The van der Waals surface area contributed by atoms with Gasteiger partial charge < -0.3 is 61.6 Å². The molecule has 0 fully saturated rings. The minimum atomic E-state index is -0.262. The SMILES string of the molecule is CCn1nc(C)cc1C(=O)Nc1cccc(Cc2ccc3[nH]c(O)c(C=Nc4cc(C)[nH]n4)c3c2)c1.CCn1nc(C)cc1C(=O)Nc1cccc(Cc2ccc3[nH]c(O)c(C=Nc4ccn[nH]4)c3c2)c1.Cc1cc(C(=O)Nc2cccc(Cc3ccc4[nH]c(O)c(C=Nc5ccn[nH]5)c4c3)c2)n[nH]1.Cc1cc(N=Cc2c(O)[nH]c3ccc(Cc4cccc(NC(=O)c5cc(C)[nH]n5)c4)cc23)n[nH]1. The van der Waals surface area contributed by atoms with Crippen LogP contribution >= 0.6 is 0 Å². The second-order valence-corrected chi connectivity index (χ2v) is 33.0. The highest BCUT2D eigenvalue weighted by Crippen LogP contribution is 2.35. The number of H-pyrrole nitrogens is 10. The number of aryl methyl sites for hydroxylation is 8. The van der Waals surface area contributed by atoms with Crippen molar-refractivity contribution in [2.24, 2.45) is 20.0 Å². The summed E-state index contributed by atoms with van der Waals surface area (Å²) in [6, 6.07) is 69.1. The lowest BCUT2D eigenvalue weighted by atomic mass is 10.0. The average Bonchev–Trinajstić information content (AvgIpc) is 1.65. The van der Waals surface area contributed by atoms with E-state index in [9.17, 15) is 39.6 Å². The summed E-state index contributed by atoms with van der Waals surface area (Å²) >= 11 is 0. The van der Waals surface area contributed by atoms with Crippen LogP contribution in [0, 0.1) is 41.5 Å². The third-order valence-electron chi connectivity index (χ3n) is 22.3. The number of aromatic nitrogens is 20. The number of rotatable bonds is 26. The number of hydrogen-bond donors (Lipinski definition) is 18. The maximum Gasteiger partial charge on any atom is 0.276 e. The molecule has 0 atom stereocenters. The molecule has 0 saturated carbocycles. The van der Waals surface area contributed by atoms with Crippen LogP contribution in [0.5, 0.6) is 23.5 Å². The number of anilines is 4. The van der Waals surface area contributed by atoms with E-state index in [2.05, 4.69) is 133 Å². The molecule has 0 aliphatic carbocycles. The van der Waals surface area contributed by atoms with Crippen LogP contribution in [0.2, 0.25) is 0 Å². The largest absolute Gasteiger partial charge is 0.494 e. The van der Waals surface area contributed by atoms with Gasteiger partial charge in [-0.2, -0.15) is 40.8 Å². The summed E-state index contributed by atoms with van der Waals surface area (Å²) in [5, 5.41) is 106. The molecule has 0 spiro atoms. The van der Waals surface area contributed by atoms with Crippen LogP contribution < -0.4 is 21.3 Å². The van der Waals surface area contributed by atoms with Gasteiger partial charge in [0.15, 0.2) is 46.5 Å². The zero-order chi connectivity index (χ0) is 96.0. The molecule has 18 N–H and O–H groups in total. The fourth-order valence-electron chi connectivity index (χ4n) is 15.8. The van der Waals surface area contributed by atoms with Gasteiger partial charge in [-0.05, 0) is 247 Å². The predicted octanol–water partition coefficient (Wildman–Crippen LogP) is 18.5. The highest BCUT2D eigenvalue weighted by Gasteiger charge is 2.21. The van der Waals surface area contributed by atoms with E-state index in [4.69, 9.17) is 0 Å². The molecule has 8 aromatic carbocycles. The minimum Gasteiger partial charge on any atom is -0.494 e. The van der Waals surface area contributed by atoms with Crippen molar-refractivity contribution < 1.29 is 39.6 Å². The number of aliphatic imine (C=N–C) groups is 4. The van der Waals surface area contributed by atoms with E-state index in [1.165, 1.54) is 0 Å². The maximum absolute atomic E-state index is 12.8. The Hall–Kier alpha value is -18.6. The Morgan fingerprint density at radius 2 is 0.616 bits per heavy atom. The molecule has 0 aliphatic heterocycles. The van der Waals surface area contributed by atoms with Gasteiger partial charge in [0.1, 0.15) is 23.0 Å². The molecule has 0 unspecified atom stereocenters. The summed E-state index contributed by atoms with van der Waals surface area (Å²) < 4.78 is 3.40. The number of amides is 4. The number of nitrogens with zero attached hydrogens (tertiary/aromatic N) is 14. The summed E-state index contributed by atoms with van der Waals surface area (Å²) in [7, 11) is 0. The minimum absolute atomic E-state index is 0.0569. The molecule has 0 bridgehead atoms. The summed E-state index contributed by atoms with van der Waals surface area (Å²) in [5.41, 5.74) is 23.9. The number of aromatic hydroxyl groups is 4. The van der Waals surface area contributed by atoms with Crippen molar-refractivity contribution in [1.82, 2.24) is 101 Å². The number of carbonyl (C=O) groups is 4. The lowest BCUT2D eigenvalue weighted by Crippen LogP contribution is -2.17. The Labute approximate surface area is 787 Å². The Morgan fingerprint density at radius 1 is 0.326 bits per heavy atom. The Balaban J connectivity index is 0.000000127. The smallest absolute Gasteiger partial charge is 0.276 e. The maximum atomic E-state index is 12.8. The summed E-state index contributed by atoms with van der Waals surface area (Å²) in [6.45, 7) is 16.4. The van der Waals surface area contributed by atoms with Gasteiger partial charge in [-0.15, -0.1) is 0 Å². The van der Waals surface area contributed by atoms with Gasteiger partial charge in [0, 0.05) is 151 Å². The quantitative estimate of drug-likeness (QED) is 0.0224. The summed E-state index contributed by atoms with van der Waals surface area (Å²) in [5.74, 6) is 1.64. The molecule has 36 heteroatoms. The number of fused-ring (bicyclic) bond motifs is 4. The fraction of sp³-hybridized carbons (Fsp3) is 0.137. The topological polar surface area (TPSA) is 518 Å². The predicted molar refractivity (Wildman–Crippen MR) is 533 cm³/mol. The first-order chi connectivity index (χ1) is 66.9. The van der Waals surface area contributed by atoms with Crippen LogP contribution in [-0.2, 0) is 38.8 Å². The Morgan fingerprint density at radius 3 is 0.891 bits per heavy atom. The van der Waals surface area contributed by atoms with E-state index in [1.807, 2.05) is 237 Å². The number of aromatic amines is 10. The molecule has 20 aromatic rings. The van der Waals surface area contributed by atoms with Gasteiger partial charge >= 0.3 is 0 Å². The first-order valence-electron chi connectivity index (χ1n) is 44.2. The van der Waals surface area contributed by atoms with E-state index >= 15 is 0 Å². The van der Waals surface area contributed by atoms with Gasteiger partial charge in [0.25, 0.3) is 23.6 Å². The Kier molecular flexibility index (Phi) is 27.1. The molecule has 36 nitrogen and oxygen atoms in total. The molecule has 0 saturated heterocycles. The monoisotopic (exact) mass is 1840 g/mol. The number of hydrogen-bond acceptors (Lipinski definition) is 20. The van der Waals surface area contributed by atoms with Gasteiger partial charge in [-0.3, -0.25) is 59.1 Å². The number of nitrogens with one attached hydrogen (secondary N) is 14. The van der Waals surface area contributed by atoms with Gasteiger partial charge in [0.05, 0.1) is 46.0 Å². The highest BCUT2D eigenvalue weighted by molar-refractivity contribution is 6.08. The molecule has 20 rings (SSSR count). The van der Waals surface area contributed by atoms with Crippen molar-refractivity contribution in [3.8, 4) is 23.5 Å².